The van der Waals surface area contributed by atoms with Crippen molar-refractivity contribution in [2.45, 2.75) is 13.5 Å². The van der Waals surface area contributed by atoms with E-state index in [1.165, 1.54) is 11.1 Å². The Hall–Kier alpha value is -1.16. The number of aromatic nitrogens is 3. The van der Waals surface area contributed by atoms with Gasteiger partial charge in [0, 0.05) is 18.6 Å². The van der Waals surface area contributed by atoms with E-state index < -0.39 is 0 Å². The summed E-state index contributed by atoms with van der Waals surface area (Å²) in [5.41, 5.74) is 2.34. The predicted octanol–water partition coefficient (Wildman–Crippen LogP) is 2.40. The molecule has 0 aliphatic carbocycles. The molecule has 0 aliphatic heterocycles. The minimum atomic E-state index is 0.764. The summed E-state index contributed by atoms with van der Waals surface area (Å²) in [6.07, 6.45) is 7.44. The summed E-state index contributed by atoms with van der Waals surface area (Å²) in [6, 6.07) is 2.11. The van der Waals surface area contributed by atoms with Gasteiger partial charge in [-0.25, -0.2) is 0 Å². The molecule has 4 heteroatoms. The standard InChI is InChI=1S/C10H10BrN3/c1-8-2-9(4-12-3-8)6-14-7-10(11)5-13-14/h2-5,7H,6H2,1H3. The van der Waals surface area contributed by atoms with Gasteiger partial charge in [-0.05, 0) is 34.0 Å². The van der Waals surface area contributed by atoms with Crippen LogP contribution in [0.15, 0.2) is 35.3 Å². The smallest absolute Gasteiger partial charge is 0.0674 e. The van der Waals surface area contributed by atoms with Crippen LogP contribution in [0.5, 0.6) is 0 Å². The Bertz CT molecular complexity index is 436. The molecule has 72 valence electrons. The highest BCUT2D eigenvalue weighted by molar-refractivity contribution is 9.10. The molecule has 0 aromatic carbocycles. The van der Waals surface area contributed by atoms with Gasteiger partial charge >= 0.3 is 0 Å². The number of aryl methyl sites for hydroxylation is 1. The van der Waals surface area contributed by atoms with E-state index in [1.807, 2.05) is 30.2 Å². The van der Waals surface area contributed by atoms with Gasteiger partial charge < -0.3 is 0 Å². The third kappa shape index (κ3) is 2.20. The monoisotopic (exact) mass is 251 g/mol. The average molecular weight is 252 g/mol. The molecule has 0 saturated heterocycles. The summed E-state index contributed by atoms with van der Waals surface area (Å²) < 4.78 is 2.87. The average Bonchev–Trinajstić information content (AvgIpc) is 2.51. The van der Waals surface area contributed by atoms with Gasteiger partial charge in [-0.15, -0.1) is 0 Å². The fourth-order valence-corrected chi connectivity index (χ4v) is 1.64. The number of rotatable bonds is 2. The lowest BCUT2D eigenvalue weighted by atomic mass is 10.2. The molecule has 2 aromatic rings. The molecule has 0 unspecified atom stereocenters. The van der Waals surface area contributed by atoms with Crippen molar-refractivity contribution in [1.82, 2.24) is 14.8 Å². The van der Waals surface area contributed by atoms with Crippen LogP contribution in [0.3, 0.4) is 0 Å². The normalized spacial score (nSPS) is 10.4. The molecule has 0 bridgehead atoms. The highest BCUT2D eigenvalue weighted by Gasteiger charge is 1.97. The lowest BCUT2D eigenvalue weighted by Crippen LogP contribution is -2.00. The summed E-state index contributed by atoms with van der Waals surface area (Å²) in [5, 5.41) is 4.18. The van der Waals surface area contributed by atoms with Crippen molar-refractivity contribution in [3.8, 4) is 0 Å². The number of hydrogen-bond acceptors (Lipinski definition) is 2. The van der Waals surface area contributed by atoms with E-state index in [-0.39, 0.29) is 0 Å². The quantitative estimate of drug-likeness (QED) is 0.821. The number of halogens is 1. The highest BCUT2D eigenvalue weighted by atomic mass is 79.9. The summed E-state index contributed by atoms with van der Waals surface area (Å²) in [6.45, 7) is 2.80. The van der Waals surface area contributed by atoms with Crippen molar-refractivity contribution in [3.05, 3.63) is 46.5 Å². The topological polar surface area (TPSA) is 30.7 Å². The molecular formula is C10H10BrN3. The molecule has 0 radical (unpaired) electrons. The van der Waals surface area contributed by atoms with Crippen LogP contribution in [0.2, 0.25) is 0 Å². The molecule has 0 saturated carbocycles. The van der Waals surface area contributed by atoms with E-state index in [9.17, 15) is 0 Å². The molecule has 0 fully saturated rings. The summed E-state index contributed by atoms with van der Waals surface area (Å²) >= 11 is 3.36. The Morgan fingerprint density at radius 3 is 2.86 bits per heavy atom. The summed E-state index contributed by atoms with van der Waals surface area (Å²) in [4.78, 5) is 4.13. The lowest BCUT2D eigenvalue weighted by molar-refractivity contribution is 0.684. The zero-order valence-corrected chi connectivity index (χ0v) is 9.40. The van der Waals surface area contributed by atoms with Crippen LogP contribution in [0, 0.1) is 6.92 Å². The van der Waals surface area contributed by atoms with Crippen LogP contribution in [-0.4, -0.2) is 14.8 Å². The predicted molar refractivity (Wildman–Crippen MR) is 58.0 cm³/mol. The first kappa shape index (κ1) is 9.40. The number of pyridine rings is 1. The number of nitrogens with zero attached hydrogens (tertiary/aromatic N) is 3. The first-order valence-corrected chi connectivity index (χ1v) is 5.12. The molecule has 0 aliphatic rings. The van der Waals surface area contributed by atoms with Gasteiger partial charge in [0.15, 0.2) is 0 Å². The van der Waals surface area contributed by atoms with Gasteiger partial charge in [-0.1, -0.05) is 6.07 Å². The van der Waals surface area contributed by atoms with Gasteiger partial charge in [0.1, 0.15) is 0 Å². The molecular weight excluding hydrogens is 242 g/mol. The first-order valence-electron chi connectivity index (χ1n) is 4.32. The van der Waals surface area contributed by atoms with Crippen molar-refractivity contribution in [1.29, 1.82) is 0 Å². The van der Waals surface area contributed by atoms with E-state index in [2.05, 4.69) is 32.1 Å². The molecule has 2 aromatic heterocycles. The van der Waals surface area contributed by atoms with Gasteiger partial charge in [0.2, 0.25) is 0 Å². The molecule has 0 atom stereocenters. The maximum Gasteiger partial charge on any atom is 0.0674 e. The Morgan fingerprint density at radius 1 is 1.36 bits per heavy atom. The zero-order chi connectivity index (χ0) is 9.97. The maximum absolute atomic E-state index is 4.18. The van der Waals surface area contributed by atoms with E-state index in [4.69, 9.17) is 0 Å². The van der Waals surface area contributed by atoms with Crippen molar-refractivity contribution in [3.63, 3.8) is 0 Å². The third-order valence-corrected chi connectivity index (χ3v) is 2.29. The van der Waals surface area contributed by atoms with Crippen molar-refractivity contribution >= 4 is 15.9 Å². The largest absolute Gasteiger partial charge is 0.267 e. The van der Waals surface area contributed by atoms with Crippen LogP contribution < -0.4 is 0 Å². The van der Waals surface area contributed by atoms with E-state index in [0.717, 1.165) is 11.0 Å². The summed E-state index contributed by atoms with van der Waals surface area (Å²) in [5.74, 6) is 0. The maximum atomic E-state index is 4.18. The van der Waals surface area contributed by atoms with Crippen LogP contribution in [-0.2, 0) is 6.54 Å². The fourth-order valence-electron chi connectivity index (χ4n) is 1.32. The fraction of sp³-hybridized carbons (Fsp3) is 0.200. The Morgan fingerprint density at radius 2 is 2.21 bits per heavy atom. The van der Waals surface area contributed by atoms with E-state index in [1.54, 1.807) is 6.20 Å². The first-order chi connectivity index (χ1) is 6.74. The molecule has 0 amide bonds. The molecule has 0 spiro atoms. The van der Waals surface area contributed by atoms with Gasteiger partial charge in [-0.3, -0.25) is 9.67 Å². The Labute approximate surface area is 90.9 Å². The van der Waals surface area contributed by atoms with Gasteiger partial charge in [0.25, 0.3) is 0 Å². The second-order valence-electron chi connectivity index (χ2n) is 3.23. The van der Waals surface area contributed by atoms with Crippen LogP contribution in [0.1, 0.15) is 11.1 Å². The van der Waals surface area contributed by atoms with Crippen molar-refractivity contribution in [2.75, 3.05) is 0 Å². The van der Waals surface area contributed by atoms with Gasteiger partial charge in [0.05, 0.1) is 17.2 Å². The van der Waals surface area contributed by atoms with Crippen LogP contribution in [0.25, 0.3) is 0 Å². The van der Waals surface area contributed by atoms with Crippen molar-refractivity contribution < 1.29 is 0 Å². The second-order valence-corrected chi connectivity index (χ2v) is 4.14. The highest BCUT2D eigenvalue weighted by Crippen LogP contribution is 2.08. The van der Waals surface area contributed by atoms with E-state index in [0.29, 0.717) is 0 Å². The molecule has 0 N–H and O–H groups in total. The molecule has 2 rings (SSSR count). The number of hydrogen-bond donors (Lipinski definition) is 0. The molecule has 3 nitrogen and oxygen atoms in total. The van der Waals surface area contributed by atoms with Crippen LogP contribution >= 0.6 is 15.9 Å². The Kier molecular flexibility index (Phi) is 2.63. The van der Waals surface area contributed by atoms with Crippen LogP contribution in [0.4, 0.5) is 0 Å². The van der Waals surface area contributed by atoms with Crippen molar-refractivity contribution in [2.24, 2.45) is 0 Å². The Balaban J connectivity index is 2.18. The zero-order valence-electron chi connectivity index (χ0n) is 7.81. The minimum absolute atomic E-state index is 0.764. The SMILES string of the molecule is Cc1cncc(Cn2cc(Br)cn2)c1. The molecule has 14 heavy (non-hydrogen) atoms. The third-order valence-electron chi connectivity index (χ3n) is 1.88. The minimum Gasteiger partial charge on any atom is -0.267 e. The summed E-state index contributed by atoms with van der Waals surface area (Å²) in [7, 11) is 0. The lowest BCUT2D eigenvalue weighted by Gasteiger charge is -2.01. The van der Waals surface area contributed by atoms with Gasteiger partial charge in [-0.2, -0.15) is 5.10 Å². The molecule has 2 heterocycles. The van der Waals surface area contributed by atoms with E-state index >= 15 is 0 Å². The second kappa shape index (κ2) is 3.92.